The van der Waals surface area contributed by atoms with Crippen LogP contribution in [0.25, 0.3) is 0 Å². The molecule has 0 fully saturated rings. The summed E-state index contributed by atoms with van der Waals surface area (Å²) in [4.78, 5) is 4.10. The third-order valence-electron chi connectivity index (χ3n) is 2.75. The molecule has 4 nitrogen and oxygen atoms in total. The monoisotopic (exact) mass is 222 g/mol. The Morgan fingerprint density at radius 2 is 2.25 bits per heavy atom. The van der Waals surface area contributed by atoms with Crippen molar-refractivity contribution >= 4 is 5.84 Å². The summed E-state index contributed by atoms with van der Waals surface area (Å²) in [6.07, 6.45) is 7.82. The molecule has 0 aliphatic carbocycles. The van der Waals surface area contributed by atoms with E-state index in [1.54, 1.807) is 6.20 Å². The lowest BCUT2D eigenvalue weighted by molar-refractivity contribution is 0.569. The normalized spacial score (nSPS) is 29.2. The van der Waals surface area contributed by atoms with Crippen molar-refractivity contribution in [3.05, 3.63) is 23.7 Å². The van der Waals surface area contributed by atoms with Crippen molar-refractivity contribution in [1.82, 2.24) is 5.32 Å². The predicted molar refractivity (Wildman–Crippen MR) is 68.7 cm³/mol. The number of hydrogen-bond acceptors (Lipinski definition) is 4. The lowest BCUT2D eigenvalue weighted by Crippen LogP contribution is -2.31. The lowest BCUT2D eigenvalue weighted by Gasteiger charge is -2.18. The van der Waals surface area contributed by atoms with Crippen LogP contribution in [0.4, 0.5) is 0 Å². The van der Waals surface area contributed by atoms with Gasteiger partial charge in [-0.05, 0) is 32.6 Å². The molecule has 0 radical (unpaired) electrons. The molecule has 1 aliphatic heterocycles. The first kappa shape index (κ1) is 12.6. The first-order chi connectivity index (χ1) is 7.65. The van der Waals surface area contributed by atoms with E-state index in [4.69, 9.17) is 11.5 Å². The summed E-state index contributed by atoms with van der Waals surface area (Å²) in [7, 11) is 0. The molecule has 5 N–H and O–H groups in total. The van der Waals surface area contributed by atoms with E-state index >= 15 is 0 Å². The van der Waals surface area contributed by atoms with E-state index in [-0.39, 0.29) is 0 Å². The van der Waals surface area contributed by atoms with Gasteiger partial charge in [0.15, 0.2) is 0 Å². The molecule has 16 heavy (non-hydrogen) atoms. The van der Waals surface area contributed by atoms with E-state index in [2.05, 4.69) is 24.2 Å². The van der Waals surface area contributed by atoms with Crippen LogP contribution in [0.5, 0.6) is 0 Å². The van der Waals surface area contributed by atoms with E-state index < -0.39 is 0 Å². The van der Waals surface area contributed by atoms with E-state index in [0.717, 1.165) is 31.4 Å². The summed E-state index contributed by atoms with van der Waals surface area (Å²) in [5.41, 5.74) is 13.4. The SMILES string of the molecule is CCC(C)N/C1=C(N)/C(N)=N/C=C/CCC1. The van der Waals surface area contributed by atoms with Gasteiger partial charge in [0.25, 0.3) is 0 Å². The van der Waals surface area contributed by atoms with Crippen LogP contribution in [-0.4, -0.2) is 11.9 Å². The maximum absolute atomic E-state index is 5.99. The molecule has 1 atom stereocenters. The zero-order chi connectivity index (χ0) is 12.0. The smallest absolute Gasteiger partial charge is 0.148 e. The van der Waals surface area contributed by atoms with Gasteiger partial charge in [-0.25, -0.2) is 4.99 Å². The topological polar surface area (TPSA) is 76.4 Å². The Bertz CT molecular complexity index is 315. The minimum absolute atomic E-state index is 0.406. The molecule has 1 heterocycles. The first-order valence-corrected chi connectivity index (χ1v) is 5.89. The Labute approximate surface area is 97.5 Å². The molecule has 0 bridgehead atoms. The molecule has 0 saturated heterocycles. The zero-order valence-corrected chi connectivity index (χ0v) is 10.2. The fourth-order valence-electron chi connectivity index (χ4n) is 1.51. The van der Waals surface area contributed by atoms with Crippen molar-refractivity contribution in [2.75, 3.05) is 0 Å². The maximum Gasteiger partial charge on any atom is 0.148 e. The van der Waals surface area contributed by atoms with Crippen LogP contribution in [0.2, 0.25) is 0 Å². The molecule has 1 rings (SSSR count). The van der Waals surface area contributed by atoms with Gasteiger partial charge in [-0.15, -0.1) is 0 Å². The zero-order valence-electron chi connectivity index (χ0n) is 10.2. The highest BCUT2D eigenvalue weighted by Crippen LogP contribution is 2.11. The number of rotatable bonds is 3. The number of nitrogens with two attached hydrogens (primary N) is 2. The van der Waals surface area contributed by atoms with Crippen LogP contribution in [-0.2, 0) is 0 Å². The van der Waals surface area contributed by atoms with Crippen molar-refractivity contribution in [2.45, 2.75) is 45.6 Å². The summed E-state index contributed by atoms with van der Waals surface area (Å²) in [6.45, 7) is 4.28. The number of allylic oxidation sites excluding steroid dienone is 2. The molecular weight excluding hydrogens is 200 g/mol. The van der Waals surface area contributed by atoms with Crippen molar-refractivity contribution in [3.8, 4) is 0 Å². The molecule has 0 aromatic heterocycles. The Hall–Kier alpha value is -1.45. The summed E-state index contributed by atoms with van der Waals surface area (Å²) < 4.78 is 0. The second kappa shape index (κ2) is 6.20. The Balaban J connectivity index is 2.87. The van der Waals surface area contributed by atoms with Gasteiger partial charge in [0.1, 0.15) is 5.84 Å². The second-order valence-corrected chi connectivity index (χ2v) is 4.14. The van der Waals surface area contributed by atoms with Crippen molar-refractivity contribution in [3.63, 3.8) is 0 Å². The fraction of sp³-hybridized carbons (Fsp3) is 0.583. The minimum atomic E-state index is 0.406. The van der Waals surface area contributed by atoms with Gasteiger partial charge in [0.2, 0.25) is 0 Å². The van der Waals surface area contributed by atoms with Gasteiger partial charge in [0, 0.05) is 17.9 Å². The average Bonchev–Trinajstić information content (AvgIpc) is 2.35. The Morgan fingerprint density at radius 1 is 1.50 bits per heavy atom. The van der Waals surface area contributed by atoms with Crippen molar-refractivity contribution in [2.24, 2.45) is 16.5 Å². The predicted octanol–water partition coefficient (Wildman–Crippen LogP) is 1.60. The molecule has 1 aliphatic rings. The molecule has 0 amide bonds. The summed E-state index contributed by atoms with van der Waals surface area (Å²) in [6, 6.07) is 0.412. The fourth-order valence-corrected chi connectivity index (χ4v) is 1.51. The van der Waals surface area contributed by atoms with E-state index in [0.29, 0.717) is 17.6 Å². The number of nitrogens with one attached hydrogen (secondary N) is 1. The second-order valence-electron chi connectivity index (χ2n) is 4.14. The number of nitrogens with zero attached hydrogens (tertiary/aromatic N) is 1. The lowest BCUT2D eigenvalue weighted by atomic mass is 10.1. The van der Waals surface area contributed by atoms with Crippen LogP contribution in [0.1, 0.15) is 39.5 Å². The number of aliphatic imine (C=N–C) groups is 1. The molecule has 1 unspecified atom stereocenters. The van der Waals surface area contributed by atoms with Gasteiger partial charge in [-0.2, -0.15) is 0 Å². The number of hydrogen-bond donors (Lipinski definition) is 3. The first-order valence-electron chi connectivity index (χ1n) is 5.89. The standard InChI is InChI=1S/C12H22N4/c1-3-9(2)16-10-7-5-4-6-8-15-12(14)11(10)13/h6,8-9,16H,3-5,7,13H2,1-2H3,(H2,14,15)/b8-6+,11-10-. The molecule has 4 heteroatoms. The van der Waals surface area contributed by atoms with Crippen LogP contribution < -0.4 is 16.8 Å². The van der Waals surface area contributed by atoms with Crippen molar-refractivity contribution in [1.29, 1.82) is 0 Å². The van der Waals surface area contributed by atoms with Crippen LogP contribution >= 0.6 is 0 Å². The largest absolute Gasteiger partial charge is 0.394 e. The van der Waals surface area contributed by atoms with Gasteiger partial charge < -0.3 is 16.8 Å². The van der Waals surface area contributed by atoms with E-state index in [9.17, 15) is 0 Å². The van der Waals surface area contributed by atoms with Crippen LogP contribution in [0.3, 0.4) is 0 Å². The van der Waals surface area contributed by atoms with E-state index in [1.165, 1.54) is 0 Å². The van der Waals surface area contributed by atoms with Gasteiger partial charge in [-0.1, -0.05) is 13.0 Å². The molecule has 0 saturated carbocycles. The van der Waals surface area contributed by atoms with Crippen molar-refractivity contribution < 1.29 is 0 Å². The highest BCUT2D eigenvalue weighted by molar-refractivity contribution is 5.97. The summed E-state index contributed by atoms with van der Waals surface area (Å²) in [5.74, 6) is 0.406. The quantitative estimate of drug-likeness (QED) is 0.679. The third-order valence-corrected chi connectivity index (χ3v) is 2.75. The molecule has 0 aromatic rings. The maximum atomic E-state index is 5.99. The number of amidine groups is 1. The third kappa shape index (κ3) is 3.61. The van der Waals surface area contributed by atoms with E-state index in [1.807, 2.05) is 6.08 Å². The summed E-state index contributed by atoms with van der Waals surface area (Å²) in [5, 5.41) is 3.41. The Kier molecular flexibility index (Phi) is 4.89. The van der Waals surface area contributed by atoms with Gasteiger partial charge >= 0.3 is 0 Å². The van der Waals surface area contributed by atoms with Crippen LogP contribution in [0, 0.1) is 0 Å². The Morgan fingerprint density at radius 3 is 2.94 bits per heavy atom. The molecule has 0 aromatic carbocycles. The minimum Gasteiger partial charge on any atom is -0.394 e. The van der Waals surface area contributed by atoms with Crippen LogP contribution in [0.15, 0.2) is 28.7 Å². The molecule has 90 valence electrons. The highest BCUT2D eigenvalue weighted by Gasteiger charge is 2.10. The highest BCUT2D eigenvalue weighted by atomic mass is 15.0. The molecule has 0 spiro atoms. The van der Waals surface area contributed by atoms with Gasteiger partial charge in [-0.3, -0.25) is 0 Å². The molecular formula is C12H22N4. The summed E-state index contributed by atoms with van der Waals surface area (Å²) >= 11 is 0. The average molecular weight is 222 g/mol. The van der Waals surface area contributed by atoms with Gasteiger partial charge in [0.05, 0.1) is 5.70 Å².